The van der Waals surface area contributed by atoms with E-state index in [-0.39, 0.29) is 0 Å². The van der Waals surface area contributed by atoms with Crippen molar-refractivity contribution < 1.29 is 13.6 Å². The Morgan fingerprint density at radius 2 is 1.90 bits per heavy atom. The van der Waals surface area contributed by atoms with E-state index in [0.29, 0.717) is 0 Å². The molecule has 1 unspecified atom stereocenters. The second-order valence-electron chi connectivity index (χ2n) is 2.06. The molecule has 0 radical (unpaired) electrons. The molecule has 0 saturated carbocycles. The van der Waals surface area contributed by atoms with Crippen molar-refractivity contribution in [1.82, 2.24) is 0 Å². The lowest BCUT2D eigenvalue weighted by atomic mass is 10.0. The van der Waals surface area contributed by atoms with E-state index in [1.807, 2.05) is 0 Å². The van der Waals surface area contributed by atoms with E-state index in [1.54, 1.807) is 0 Å². The Morgan fingerprint density at radius 1 is 1.60 bits per heavy atom. The topological polar surface area (TPSA) is 69.1 Å². The number of carbonyl (C=O) groups is 1. The van der Waals surface area contributed by atoms with Crippen LogP contribution in [0, 0.1) is 0 Å². The van der Waals surface area contributed by atoms with Gasteiger partial charge in [-0.3, -0.25) is 4.79 Å². The number of hydrogen-bond donors (Lipinski definition) is 2. The average Bonchev–Trinajstić information content (AvgIpc) is 1.62. The minimum absolute atomic E-state index is 0.766. The van der Waals surface area contributed by atoms with Gasteiger partial charge in [-0.25, -0.2) is 0 Å². The van der Waals surface area contributed by atoms with E-state index in [0.717, 1.165) is 6.92 Å². The summed E-state index contributed by atoms with van der Waals surface area (Å²) in [7, 11) is 0. The summed E-state index contributed by atoms with van der Waals surface area (Å²) in [4.78, 5) is 10.2. The molecule has 0 aromatic heterocycles. The molecule has 0 aromatic carbocycles. The van der Waals surface area contributed by atoms with Gasteiger partial charge in [0, 0.05) is 0 Å². The zero-order valence-electron chi connectivity index (χ0n) is 5.20. The number of halogens is 3. The van der Waals surface area contributed by atoms with Gasteiger partial charge >= 0.3 is 5.38 Å². The third-order valence-electron chi connectivity index (χ3n) is 1.10. The largest absolute Gasteiger partial charge is 0.368 e. The fraction of sp³-hybridized carbons (Fsp3) is 0.750. The Morgan fingerprint density at radius 3 is 1.90 bits per heavy atom. The van der Waals surface area contributed by atoms with Gasteiger partial charge in [-0.1, -0.05) is 0 Å². The zero-order chi connectivity index (χ0) is 8.58. The van der Waals surface area contributed by atoms with Crippen molar-refractivity contribution >= 4 is 17.5 Å². The fourth-order valence-corrected chi connectivity index (χ4v) is 0.233. The number of primary amides is 1. The maximum absolute atomic E-state index is 12.1. The fourth-order valence-electron chi connectivity index (χ4n) is 0.140. The predicted molar refractivity (Wildman–Crippen MR) is 32.6 cm³/mol. The van der Waals surface area contributed by atoms with Crippen LogP contribution in [0.4, 0.5) is 8.78 Å². The van der Waals surface area contributed by atoms with Gasteiger partial charge in [-0.15, -0.1) is 0 Å². The number of nitrogens with two attached hydrogens (primary N) is 2. The van der Waals surface area contributed by atoms with Crippen LogP contribution in [-0.2, 0) is 4.79 Å². The molecule has 1 amide bonds. The molecule has 60 valence electrons. The first kappa shape index (κ1) is 9.58. The Kier molecular flexibility index (Phi) is 2.22. The third kappa shape index (κ3) is 1.54. The lowest BCUT2D eigenvalue weighted by Crippen LogP contribution is -2.59. The van der Waals surface area contributed by atoms with Gasteiger partial charge in [0.15, 0.2) is 5.54 Å². The van der Waals surface area contributed by atoms with Gasteiger partial charge in [0.25, 0.3) is 0 Å². The van der Waals surface area contributed by atoms with Crippen molar-refractivity contribution in [2.24, 2.45) is 11.5 Å². The summed E-state index contributed by atoms with van der Waals surface area (Å²) < 4.78 is 24.2. The Balaban J connectivity index is 4.57. The lowest BCUT2D eigenvalue weighted by molar-refractivity contribution is -0.130. The SMILES string of the molecule is CC(N)(C(N)=O)C(F)(F)Cl. The van der Waals surface area contributed by atoms with E-state index in [2.05, 4.69) is 17.3 Å². The quantitative estimate of drug-likeness (QED) is 0.577. The lowest BCUT2D eigenvalue weighted by Gasteiger charge is -2.24. The molecule has 0 aliphatic carbocycles. The van der Waals surface area contributed by atoms with Crippen molar-refractivity contribution in [2.45, 2.75) is 17.8 Å². The number of rotatable bonds is 2. The summed E-state index contributed by atoms with van der Waals surface area (Å²) >= 11 is 4.46. The van der Waals surface area contributed by atoms with E-state index in [9.17, 15) is 13.6 Å². The second-order valence-corrected chi connectivity index (χ2v) is 2.54. The van der Waals surface area contributed by atoms with Gasteiger partial charge in [-0.2, -0.15) is 8.78 Å². The summed E-state index contributed by atoms with van der Waals surface area (Å²) in [6, 6.07) is 0. The molecule has 6 heteroatoms. The molecule has 0 saturated heterocycles. The van der Waals surface area contributed by atoms with Crippen molar-refractivity contribution in [3.05, 3.63) is 0 Å². The molecule has 0 rings (SSSR count). The van der Waals surface area contributed by atoms with E-state index < -0.39 is 16.8 Å². The summed E-state index contributed by atoms with van der Waals surface area (Å²) in [5.74, 6) is -1.34. The van der Waals surface area contributed by atoms with Crippen LogP contribution in [0.3, 0.4) is 0 Å². The van der Waals surface area contributed by atoms with Crippen molar-refractivity contribution in [2.75, 3.05) is 0 Å². The summed E-state index contributed by atoms with van der Waals surface area (Å²) in [5.41, 5.74) is 6.82. The van der Waals surface area contributed by atoms with Crippen molar-refractivity contribution in [3.8, 4) is 0 Å². The first-order valence-electron chi connectivity index (χ1n) is 2.35. The monoisotopic (exact) mass is 172 g/mol. The zero-order valence-corrected chi connectivity index (χ0v) is 5.95. The van der Waals surface area contributed by atoms with Gasteiger partial charge in [0.05, 0.1) is 0 Å². The number of hydrogen-bond acceptors (Lipinski definition) is 2. The maximum Gasteiger partial charge on any atom is 0.348 e. The average molecular weight is 173 g/mol. The summed E-state index contributed by atoms with van der Waals surface area (Å²) in [6.45, 7) is 0.766. The molecule has 10 heavy (non-hydrogen) atoms. The van der Waals surface area contributed by atoms with Crippen LogP contribution in [0.1, 0.15) is 6.92 Å². The van der Waals surface area contributed by atoms with Gasteiger partial charge < -0.3 is 11.5 Å². The predicted octanol–water partition coefficient (Wildman–Crippen LogP) is 0.0207. The normalized spacial score (nSPS) is 18.1. The van der Waals surface area contributed by atoms with Crippen molar-refractivity contribution in [3.63, 3.8) is 0 Å². The molecule has 0 aliphatic rings. The molecular weight excluding hydrogens is 166 g/mol. The van der Waals surface area contributed by atoms with Crippen LogP contribution in [0.15, 0.2) is 0 Å². The molecule has 0 bridgehead atoms. The molecule has 3 nitrogen and oxygen atoms in total. The Labute approximate surface area is 61.3 Å². The smallest absolute Gasteiger partial charge is 0.348 e. The maximum atomic E-state index is 12.1. The molecular formula is C4H7ClF2N2O. The molecule has 0 aromatic rings. The van der Waals surface area contributed by atoms with E-state index in [1.165, 1.54) is 0 Å². The first-order chi connectivity index (χ1) is 4.19. The van der Waals surface area contributed by atoms with E-state index in [4.69, 9.17) is 5.73 Å². The molecule has 0 fully saturated rings. The summed E-state index contributed by atoms with van der Waals surface area (Å²) in [6.07, 6.45) is 0. The van der Waals surface area contributed by atoms with E-state index >= 15 is 0 Å². The van der Waals surface area contributed by atoms with Gasteiger partial charge in [0.1, 0.15) is 0 Å². The van der Waals surface area contributed by atoms with Crippen molar-refractivity contribution in [1.29, 1.82) is 0 Å². The molecule has 0 spiro atoms. The van der Waals surface area contributed by atoms with Crippen LogP contribution in [-0.4, -0.2) is 16.8 Å². The number of carbonyl (C=O) groups excluding carboxylic acids is 1. The highest BCUT2D eigenvalue weighted by atomic mass is 35.5. The van der Waals surface area contributed by atoms with Gasteiger partial charge in [0.2, 0.25) is 5.91 Å². The Bertz CT molecular complexity index is 154. The van der Waals surface area contributed by atoms with Crippen LogP contribution < -0.4 is 11.5 Å². The Hall–Kier alpha value is -0.420. The summed E-state index contributed by atoms with van der Waals surface area (Å²) in [5, 5.41) is -3.81. The first-order valence-corrected chi connectivity index (χ1v) is 2.73. The highest BCUT2D eigenvalue weighted by molar-refractivity contribution is 6.24. The minimum Gasteiger partial charge on any atom is -0.368 e. The third-order valence-corrected chi connectivity index (χ3v) is 1.49. The van der Waals surface area contributed by atoms with Crippen LogP contribution in [0.2, 0.25) is 0 Å². The second kappa shape index (κ2) is 2.32. The highest BCUT2D eigenvalue weighted by Crippen LogP contribution is 2.30. The minimum atomic E-state index is -3.81. The number of alkyl halides is 3. The molecule has 4 N–H and O–H groups in total. The standard InChI is InChI=1S/C4H7ClF2N2O/c1-3(9,2(8)10)4(5,6)7/h9H2,1H3,(H2,8,10). The van der Waals surface area contributed by atoms with Crippen LogP contribution in [0.25, 0.3) is 0 Å². The molecule has 0 aliphatic heterocycles. The van der Waals surface area contributed by atoms with Gasteiger partial charge in [-0.05, 0) is 18.5 Å². The van der Waals surface area contributed by atoms with Crippen LogP contribution >= 0.6 is 11.6 Å². The van der Waals surface area contributed by atoms with Crippen LogP contribution in [0.5, 0.6) is 0 Å². The molecule has 0 heterocycles. The highest BCUT2D eigenvalue weighted by Gasteiger charge is 2.50. The molecule has 1 atom stereocenters. The number of amides is 1.